The number of ether oxygens (including phenoxy) is 3. The first-order chi connectivity index (χ1) is 29.3. The number of rotatable bonds is 9. The van der Waals surface area contributed by atoms with Crippen LogP contribution in [0.1, 0.15) is 89.3 Å². The molecule has 0 saturated heterocycles. The molecule has 4 heterocycles. The van der Waals surface area contributed by atoms with E-state index in [4.69, 9.17) is 19.2 Å². The van der Waals surface area contributed by atoms with Crippen LogP contribution in [0.15, 0.2) is 65.5 Å². The summed E-state index contributed by atoms with van der Waals surface area (Å²) in [5.41, 5.74) is 4.23. The number of aryl methyl sites for hydroxylation is 1. The van der Waals surface area contributed by atoms with Gasteiger partial charge in [0.2, 0.25) is 5.91 Å². The van der Waals surface area contributed by atoms with Crippen LogP contribution in [0.5, 0.6) is 0 Å². The number of carbonyl (C=O) groups excluding carboxylic acids is 4. The molecule has 0 unspecified atom stereocenters. The van der Waals surface area contributed by atoms with Gasteiger partial charge in [0.15, 0.2) is 11.7 Å². The molecule has 5 aliphatic rings. The van der Waals surface area contributed by atoms with E-state index in [1.165, 1.54) is 22.6 Å². The van der Waals surface area contributed by atoms with Gasteiger partial charge in [0.05, 0.1) is 35.1 Å². The molecule has 0 spiro atoms. The number of amides is 3. The van der Waals surface area contributed by atoms with E-state index in [9.17, 15) is 29.1 Å². The van der Waals surface area contributed by atoms with Gasteiger partial charge in [-0.1, -0.05) is 55.5 Å². The Morgan fingerprint density at radius 2 is 1.74 bits per heavy atom. The highest BCUT2D eigenvalue weighted by atomic mass is 19.1. The third-order valence-electron chi connectivity index (χ3n) is 13.1. The Morgan fingerprint density at radius 1 is 1.03 bits per heavy atom. The van der Waals surface area contributed by atoms with Crippen molar-refractivity contribution in [1.29, 1.82) is 0 Å². The molecular formula is C46H42FN5O9. The standard InChI is InChI=1S/C46H42FN5O9/c1-4-46(58)31-17-35-39-29(19-52(35)41(54)30(31)21-59-43(46)56)38-33(14-13-24-23(2)32(47)18-34(49-39)37(24)38)50-42(55)45(15-16-45)60-22-48-36(53)20-51(3)44(57)61-40-27-11-7-5-9-25(27)26-10-6-8-12-28(26)40/h5-12,17-18,33,40,58H,4,13-16,19-22H2,1-3H3,(H,48,53)(H,50,55)/t33-,46-/m0/s1. The zero-order valence-corrected chi connectivity index (χ0v) is 33.7. The average molecular weight is 828 g/mol. The Labute approximate surface area is 348 Å². The summed E-state index contributed by atoms with van der Waals surface area (Å²) in [5.74, 6) is -2.14. The van der Waals surface area contributed by atoms with E-state index < -0.39 is 52.7 Å². The molecule has 1 fully saturated rings. The van der Waals surface area contributed by atoms with Crippen LogP contribution in [0.2, 0.25) is 0 Å². The molecule has 0 radical (unpaired) electrons. The van der Waals surface area contributed by atoms with Crippen molar-refractivity contribution in [3.63, 3.8) is 0 Å². The third-order valence-corrected chi connectivity index (χ3v) is 13.1. The number of likely N-dealkylation sites (N-methyl/N-ethyl adjacent to an activating group) is 1. The minimum Gasteiger partial charge on any atom is -0.458 e. The van der Waals surface area contributed by atoms with Crippen molar-refractivity contribution in [1.82, 2.24) is 25.1 Å². The summed E-state index contributed by atoms with van der Waals surface area (Å²) >= 11 is 0. The van der Waals surface area contributed by atoms with Crippen molar-refractivity contribution in [2.45, 2.75) is 82.5 Å². The van der Waals surface area contributed by atoms with Crippen molar-refractivity contribution in [3.05, 3.63) is 121 Å². The van der Waals surface area contributed by atoms with Gasteiger partial charge in [-0.05, 0) is 72.9 Å². The largest absolute Gasteiger partial charge is 0.458 e. The number of esters is 1. The average Bonchev–Trinajstić information content (AvgIpc) is 3.87. The van der Waals surface area contributed by atoms with Crippen molar-refractivity contribution < 1.29 is 42.9 Å². The molecule has 1 saturated carbocycles. The summed E-state index contributed by atoms with van der Waals surface area (Å²) in [7, 11) is 1.47. The molecular weight excluding hydrogens is 786 g/mol. The van der Waals surface area contributed by atoms with E-state index in [1.54, 1.807) is 19.9 Å². The lowest BCUT2D eigenvalue weighted by Gasteiger charge is -2.31. The monoisotopic (exact) mass is 827 g/mol. The highest BCUT2D eigenvalue weighted by molar-refractivity contribution is 5.95. The number of halogens is 1. The van der Waals surface area contributed by atoms with Gasteiger partial charge < -0.3 is 39.4 Å². The number of hydrogen-bond donors (Lipinski definition) is 3. The molecule has 14 nitrogen and oxygen atoms in total. The van der Waals surface area contributed by atoms with Crippen molar-refractivity contribution in [2.24, 2.45) is 0 Å². The molecule has 61 heavy (non-hydrogen) atoms. The zero-order valence-electron chi connectivity index (χ0n) is 33.7. The Bertz CT molecular complexity index is 2790. The fraction of sp³-hybridized carbons (Fsp3) is 0.348. The van der Waals surface area contributed by atoms with Crippen LogP contribution in [0.3, 0.4) is 0 Å². The second-order valence-corrected chi connectivity index (χ2v) is 16.6. The van der Waals surface area contributed by atoms with E-state index in [2.05, 4.69) is 10.6 Å². The van der Waals surface area contributed by atoms with Gasteiger partial charge in [-0.15, -0.1) is 0 Å². The lowest BCUT2D eigenvalue weighted by Crippen LogP contribution is -2.44. The predicted octanol–water partition coefficient (Wildman–Crippen LogP) is 5.09. The fourth-order valence-corrected chi connectivity index (χ4v) is 9.56. The quantitative estimate of drug-likeness (QED) is 0.131. The van der Waals surface area contributed by atoms with Gasteiger partial charge in [0, 0.05) is 40.8 Å². The number of hydrogen-bond acceptors (Lipinski definition) is 10. The number of nitrogens with one attached hydrogen (secondary N) is 2. The molecule has 3 N–H and O–H groups in total. The van der Waals surface area contributed by atoms with Crippen LogP contribution < -0.4 is 16.2 Å². The minimum atomic E-state index is -2.01. The molecule has 2 aromatic heterocycles. The Morgan fingerprint density at radius 3 is 2.43 bits per heavy atom. The second kappa shape index (κ2) is 14.1. The predicted molar refractivity (Wildman–Crippen MR) is 217 cm³/mol. The van der Waals surface area contributed by atoms with Gasteiger partial charge in [0.1, 0.15) is 31.3 Å². The molecule has 0 bridgehead atoms. The van der Waals surface area contributed by atoms with Gasteiger partial charge in [0.25, 0.3) is 11.5 Å². The van der Waals surface area contributed by atoms with E-state index in [1.807, 2.05) is 48.5 Å². The molecule has 3 amide bonds. The number of carbonyl (C=O) groups is 4. The summed E-state index contributed by atoms with van der Waals surface area (Å²) in [4.78, 5) is 73.1. The Hall–Kier alpha value is -6.45. The number of aromatic nitrogens is 2. The topological polar surface area (TPSA) is 178 Å². The maximum Gasteiger partial charge on any atom is 0.410 e. The molecule has 10 rings (SSSR count). The molecule has 3 aromatic carbocycles. The molecule has 3 aliphatic carbocycles. The summed E-state index contributed by atoms with van der Waals surface area (Å²) in [6, 6.07) is 17.9. The molecule has 5 aromatic rings. The second-order valence-electron chi connectivity index (χ2n) is 16.6. The number of aliphatic hydroxyl groups is 1. The van der Waals surface area contributed by atoms with E-state index >= 15 is 4.39 Å². The highest BCUT2D eigenvalue weighted by Gasteiger charge is 2.53. The summed E-state index contributed by atoms with van der Waals surface area (Å²) in [5, 5.41) is 17.9. The van der Waals surface area contributed by atoms with Crippen LogP contribution in [0.25, 0.3) is 33.4 Å². The van der Waals surface area contributed by atoms with E-state index in [0.717, 1.165) is 33.4 Å². The van der Waals surface area contributed by atoms with Crippen molar-refractivity contribution in [2.75, 3.05) is 20.3 Å². The molecule has 15 heteroatoms. The number of benzene rings is 3. The SMILES string of the molecule is CC[C@@]1(O)C(=O)OCc2c1cc1n(c2=O)Cc2c-1nc1cc(F)c(C)c3c1c2[C@@H](NC(=O)C1(OCNC(=O)CN(C)C(=O)OC2c4ccccc4-c4ccccc42)CC1)CC3. The first kappa shape index (κ1) is 38.7. The maximum absolute atomic E-state index is 15.4. The summed E-state index contributed by atoms with van der Waals surface area (Å²) in [6.45, 7) is 2.58. The zero-order chi connectivity index (χ0) is 42.5. The van der Waals surface area contributed by atoms with Crippen LogP contribution in [0, 0.1) is 12.7 Å². The molecule has 2 aliphatic heterocycles. The first-order valence-electron chi connectivity index (χ1n) is 20.5. The smallest absolute Gasteiger partial charge is 0.410 e. The lowest BCUT2D eigenvalue weighted by atomic mass is 9.81. The van der Waals surface area contributed by atoms with Crippen LogP contribution >= 0.6 is 0 Å². The number of pyridine rings is 2. The van der Waals surface area contributed by atoms with Gasteiger partial charge in [-0.25, -0.2) is 19.0 Å². The van der Waals surface area contributed by atoms with Gasteiger partial charge >= 0.3 is 12.1 Å². The Balaban J connectivity index is 0.847. The van der Waals surface area contributed by atoms with E-state index in [-0.39, 0.29) is 49.9 Å². The Kier molecular flexibility index (Phi) is 8.93. The third kappa shape index (κ3) is 5.96. The summed E-state index contributed by atoms with van der Waals surface area (Å²) in [6.07, 6.45) is 0.421. The minimum absolute atomic E-state index is 0.0157. The number of nitrogens with zero attached hydrogens (tertiary/aromatic N) is 3. The van der Waals surface area contributed by atoms with Gasteiger partial charge in [-0.3, -0.25) is 14.4 Å². The van der Waals surface area contributed by atoms with Crippen LogP contribution in [0.4, 0.5) is 9.18 Å². The highest BCUT2D eigenvalue weighted by Crippen LogP contribution is 2.48. The number of fused-ring (bicyclic) bond motifs is 8. The summed E-state index contributed by atoms with van der Waals surface area (Å²) < 4.78 is 34.1. The van der Waals surface area contributed by atoms with Crippen molar-refractivity contribution >= 4 is 34.8 Å². The fourth-order valence-electron chi connectivity index (χ4n) is 9.56. The van der Waals surface area contributed by atoms with Crippen molar-refractivity contribution in [3.8, 4) is 22.5 Å². The van der Waals surface area contributed by atoms with E-state index in [0.29, 0.717) is 59.1 Å². The normalized spacial score (nSPS) is 19.8. The van der Waals surface area contributed by atoms with Crippen LogP contribution in [-0.4, -0.2) is 69.4 Å². The lowest BCUT2D eigenvalue weighted by molar-refractivity contribution is -0.172. The van der Waals surface area contributed by atoms with Crippen LogP contribution in [-0.2, 0) is 53.8 Å². The first-order valence-corrected chi connectivity index (χ1v) is 20.5. The molecule has 312 valence electrons. The number of cyclic esters (lactones) is 1. The molecule has 2 atom stereocenters. The maximum atomic E-state index is 15.4. The van der Waals surface area contributed by atoms with Gasteiger partial charge in [-0.2, -0.15) is 0 Å².